The molecule has 0 N–H and O–H groups in total. The number of rotatable bonds is 7. The van der Waals surface area contributed by atoms with Gasteiger partial charge >= 0.3 is 5.97 Å². The molecule has 7 heteroatoms. The molecule has 0 radical (unpaired) electrons. The number of esters is 1. The maximum absolute atomic E-state index is 14.4. The summed E-state index contributed by atoms with van der Waals surface area (Å²) in [5, 5.41) is 0. The highest BCUT2D eigenvalue weighted by Gasteiger charge is 2.29. The lowest BCUT2D eigenvalue weighted by Gasteiger charge is -2.24. The smallest absolute Gasteiger partial charge is 0.338 e. The lowest BCUT2D eigenvalue weighted by Crippen LogP contribution is -2.31. The Labute approximate surface area is 190 Å². The quantitative estimate of drug-likeness (QED) is 0.359. The van der Waals surface area contributed by atoms with Crippen molar-refractivity contribution in [1.29, 1.82) is 0 Å². The van der Waals surface area contributed by atoms with Crippen LogP contribution in [-0.4, -0.2) is 31.7 Å². The molecule has 1 aliphatic heterocycles. The fourth-order valence-corrected chi connectivity index (χ4v) is 4.48. The van der Waals surface area contributed by atoms with Gasteiger partial charge in [-0.05, 0) is 43.3 Å². The molecule has 0 saturated heterocycles. The first-order valence-electron chi connectivity index (χ1n) is 10.3. The Balaban J connectivity index is 1.72. The number of hydrogen-bond donors (Lipinski definition) is 0. The van der Waals surface area contributed by atoms with Gasteiger partial charge in [0.2, 0.25) is 0 Å². The van der Waals surface area contributed by atoms with Crippen molar-refractivity contribution in [3.63, 3.8) is 0 Å². The number of benzene rings is 3. The lowest BCUT2D eigenvalue weighted by atomic mass is 10.1. The number of anilines is 1. The van der Waals surface area contributed by atoms with Gasteiger partial charge in [0.25, 0.3) is 5.91 Å². The van der Waals surface area contributed by atoms with Crippen LogP contribution in [0, 0.1) is 5.82 Å². The molecule has 0 unspecified atom stereocenters. The fourth-order valence-electron chi connectivity index (χ4n) is 3.42. The Hall–Kier alpha value is -3.16. The molecule has 3 aromatic rings. The number of hydrogen-bond acceptors (Lipinski definition) is 5. The summed E-state index contributed by atoms with van der Waals surface area (Å²) in [5.41, 5.74) is 1.78. The van der Waals surface area contributed by atoms with E-state index in [-0.39, 0.29) is 19.1 Å². The van der Waals surface area contributed by atoms with Crippen LogP contribution in [0.1, 0.15) is 33.2 Å². The maximum atomic E-state index is 14.4. The molecule has 0 fully saturated rings. The molecule has 3 aromatic carbocycles. The molecule has 1 heterocycles. The van der Waals surface area contributed by atoms with Crippen LogP contribution in [0.15, 0.2) is 76.5 Å². The topological polar surface area (TPSA) is 55.8 Å². The van der Waals surface area contributed by atoms with E-state index in [0.717, 1.165) is 9.79 Å². The minimum Gasteiger partial charge on any atom is -0.460 e. The van der Waals surface area contributed by atoms with Gasteiger partial charge < -0.3 is 14.4 Å². The number of carbonyl (C=O) groups is 2. The molecule has 0 aliphatic carbocycles. The predicted octanol–water partition coefficient (Wildman–Crippen LogP) is 5.33. The first-order valence-corrected chi connectivity index (χ1v) is 11.1. The van der Waals surface area contributed by atoms with Gasteiger partial charge in [0.1, 0.15) is 12.4 Å². The molecule has 5 nitrogen and oxygen atoms in total. The molecular weight excluding hydrogens is 429 g/mol. The highest BCUT2D eigenvalue weighted by molar-refractivity contribution is 7.99. The van der Waals surface area contributed by atoms with Gasteiger partial charge in [0.15, 0.2) is 0 Å². The third-order valence-corrected chi connectivity index (χ3v) is 6.16. The third-order valence-electron chi connectivity index (χ3n) is 5.02. The first-order chi connectivity index (χ1) is 15.6. The number of ether oxygens (including phenoxy) is 2. The van der Waals surface area contributed by atoms with Crippen molar-refractivity contribution in [3.8, 4) is 0 Å². The van der Waals surface area contributed by atoms with Crippen LogP contribution in [-0.2, 0) is 16.0 Å². The number of nitrogens with zero attached hydrogens (tertiary/aromatic N) is 1. The predicted molar refractivity (Wildman–Crippen MR) is 121 cm³/mol. The number of halogens is 1. The fraction of sp³-hybridized carbons (Fsp3) is 0.200. The Bertz CT molecular complexity index is 1150. The van der Waals surface area contributed by atoms with Crippen molar-refractivity contribution < 1.29 is 23.5 Å². The molecular formula is C25H22FNO4S. The number of amides is 1. The molecule has 4 rings (SSSR count). The maximum Gasteiger partial charge on any atom is 0.338 e. The van der Waals surface area contributed by atoms with Crippen LogP contribution in [0.5, 0.6) is 0 Å². The summed E-state index contributed by atoms with van der Waals surface area (Å²) < 4.78 is 24.9. The molecule has 164 valence electrons. The van der Waals surface area contributed by atoms with Gasteiger partial charge in [-0.15, -0.1) is 0 Å². The normalized spacial score (nSPS) is 12.7. The zero-order chi connectivity index (χ0) is 22.5. The van der Waals surface area contributed by atoms with Gasteiger partial charge in [-0.25, -0.2) is 9.18 Å². The zero-order valence-electron chi connectivity index (χ0n) is 17.5. The van der Waals surface area contributed by atoms with Crippen molar-refractivity contribution in [3.05, 3.63) is 89.2 Å². The van der Waals surface area contributed by atoms with E-state index in [1.54, 1.807) is 48.5 Å². The Kier molecular flexibility index (Phi) is 6.87. The first kappa shape index (κ1) is 22.0. The van der Waals surface area contributed by atoms with Gasteiger partial charge in [-0.1, -0.05) is 42.1 Å². The van der Waals surface area contributed by atoms with E-state index in [1.165, 1.54) is 22.7 Å². The third kappa shape index (κ3) is 4.69. The number of carbonyl (C=O) groups excluding carboxylic acids is 2. The monoisotopic (exact) mass is 451 g/mol. The second-order valence-corrected chi connectivity index (χ2v) is 8.18. The molecule has 1 aliphatic rings. The Morgan fingerprint density at radius 3 is 2.59 bits per heavy atom. The summed E-state index contributed by atoms with van der Waals surface area (Å²) in [4.78, 5) is 29.2. The Morgan fingerprint density at radius 1 is 1.00 bits per heavy atom. The van der Waals surface area contributed by atoms with E-state index in [2.05, 4.69) is 0 Å². The summed E-state index contributed by atoms with van der Waals surface area (Å²) >= 11 is 1.44. The Morgan fingerprint density at radius 2 is 1.78 bits per heavy atom. The molecule has 0 saturated carbocycles. The van der Waals surface area contributed by atoms with Crippen LogP contribution in [0.2, 0.25) is 0 Å². The van der Waals surface area contributed by atoms with E-state index >= 15 is 0 Å². The standard InChI is InChI=1S/C25H22FNO4S/c1-2-30-13-14-31-25(29)17-11-12-23-21(15-17)27(16-18-7-3-5-9-20(18)26)24(28)19-8-4-6-10-22(19)32-23/h3-12,15H,2,13-14,16H2,1H3. The molecule has 1 amide bonds. The van der Waals surface area contributed by atoms with E-state index in [1.807, 2.05) is 19.1 Å². The molecule has 32 heavy (non-hydrogen) atoms. The van der Waals surface area contributed by atoms with Crippen LogP contribution < -0.4 is 4.90 Å². The van der Waals surface area contributed by atoms with E-state index in [9.17, 15) is 14.0 Å². The van der Waals surface area contributed by atoms with Crippen molar-refractivity contribution in [2.45, 2.75) is 23.3 Å². The summed E-state index contributed by atoms with van der Waals surface area (Å²) in [6.07, 6.45) is 0. The number of fused-ring (bicyclic) bond motifs is 2. The van der Waals surface area contributed by atoms with Gasteiger partial charge in [-0.2, -0.15) is 0 Å². The van der Waals surface area contributed by atoms with E-state index in [4.69, 9.17) is 9.47 Å². The highest BCUT2D eigenvalue weighted by atomic mass is 32.2. The minimum absolute atomic E-state index is 0.0379. The van der Waals surface area contributed by atoms with Gasteiger partial charge in [0.05, 0.1) is 30.0 Å². The average Bonchev–Trinajstić information content (AvgIpc) is 2.92. The average molecular weight is 452 g/mol. The molecule has 0 bridgehead atoms. The second kappa shape index (κ2) is 9.97. The lowest BCUT2D eigenvalue weighted by molar-refractivity contribution is 0.0335. The van der Waals surface area contributed by atoms with Gasteiger partial charge in [0, 0.05) is 22.0 Å². The van der Waals surface area contributed by atoms with E-state index < -0.39 is 11.8 Å². The highest BCUT2D eigenvalue weighted by Crippen LogP contribution is 2.42. The molecule has 0 aromatic heterocycles. The van der Waals surface area contributed by atoms with Crippen molar-refractivity contribution in [2.75, 3.05) is 24.7 Å². The summed E-state index contributed by atoms with van der Waals surface area (Å²) in [7, 11) is 0. The van der Waals surface area contributed by atoms with E-state index in [0.29, 0.717) is 35.6 Å². The summed E-state index contributed by atoms with van der Waals surface area (Å²) in [6.45, 7) is 2.90. The largest absolute Gasteiger partial charge is 0.460 e. The van der Waals surface area contributed by atoms with Gasteiger partial charge in [-0.3, -0.25) is 4.79 Å². The van der Waals surface area contributed by atoms with Crippen LogP contribution in [0.25, 0.3) is 0 Å². The van der Waals surface area contributed by atoms with Crippen LogP contribution in [0.3, 0.4) is 0 Å². The second-order valence-electron chi connectivity index (χ2n) is 7.10. The zero-order valence-corrected chi connectivity index (χ0v) is 18.4. The SMILES string of the molecule is CCOCCOC(=O)c1ccc2c(c1)N(Cc1ccccc1F)C(=O)c1ccccc1S2. The summed E-state index contributed by atoms with van der Waals surface area (Å²) in [6, 6.07) is 18.8. The van der Waals surface area contributed by atoms with Crippen molar-refractivity contribution in [2.24, 2.45) is 0 Å². The van der Waals surface area contributed by atoms with Crippen LogP contribution in [0.4, 0.5) is 10.1 Å². The van der Waals surface area contributed by atoms with Crippen molar-refractivity contribution in [1.82, 2.24) is 0 Å². The van der Waals surface area contributed by atoms with Crippen LogP contribution >= 0.6 is 11.8 Å². The molecule has 0 spiro atoms. The summed E-state index contributed by atoms with van der Waals surface area (Å²) in [5.74, 6) is -1.15. The molecule has 0 atom stereocenters. The minimum atomic E-state index is -0.502. The van der Waals surface area contributed by atoms with Crippen molar-refractivity contribution >= 4 is 29.3 Å².